The summed E-state index contributed by atoms with van der Waals surface area (Å²) in [6.07, 6.45) is 0.627. The maximum Gasteiger partial charge on any atom is 0.183 e. The summed E-state index contributed by atoms with van der Waals surface area (Å²) in [6.45, 7) is 1.29. The Hall–Kier alpha value is -1.68. The van der Waals surface area contributed by atoms with Gasteiger partial charge >= 0.3 is 0 Å². The molecule has 0 aromatic heterocycles. The normalized spacial score (nSPS) is 12.0. The second-order valence-corrected chi connectivity index (χ2v) is 3.18. The summed E-state index contributed by atoms with van der Waals surface area (Å²) >= 11 is 5.67. The Labute approximate surface area is 91.9 Å². The zero-order valence-corrected chi connectivity index (χ0v) is 8.77. The molecule has 1 aromatic carbocycles. The molecule has 5 heteroatoms. The number of allylic oxidation sites excluding steroid dienone is 1. The number of nitrogens with zero attached hydrogens (tertiary/aromatic N) is 2. The number of aliphatic hydroxyl groups excluding tert-OH is 1. The van der Waals surface area contributed by atoms with Gasteiger partial charge in [-0.3, -0.25) is 4.79 Å². The van der Waals surface area contributed by atoms with Crippen LogP contribution in [0.25, 0.3) is 0 Å². The van der Waals surface area contributed by atoms with Crippen LogP contribution < -0.4 is 0 Å². The first kappa shape index (κ1) is 11.4. The van der Waals surface area contributed by atoms with Crippen molar-refractivity contribution >= 4 is 23.1 Å². The molecular weight excluding hydrogens is 216 g/mol. The van der Waals surface area contributed by atoms with E-state index in [1.54, 1.807) is 24.3 Å². The molecule has 1 rings (SSSR count). The Morgan fingerprint density at radius 3 is 2.47 bits per heavy atom. The van der Waals surface area contributed by atoms with Crippen molar-refractivity contribution in [3.05, 3.63) is 41.2 Å². The maximum atomic E-state index is 10.8. The summed E-state index contributed by atoms with van der Waals surface area (Å²) in [5.41, 5.74) is 0.463. The van der Waals surface area contributed by atoms with E-state index in [1.807, 2.05) is 0 Å². The molecule has 78 valence electrons. The van der Waals surface area contributed by atoms with E-state index in [0.717, 1.165) is 0 Å². The number of azo groups is 1. The molecule has 0 heterocycles. The third-order valence-corrected chi connectivity index (χ3v) is 1.83. The molecular formula is C10H9ClN2O2. The quantitative estimate of drug-likeness (QED) is 0.486. The Morgan fingerprint density at radius 2 is 2.00 bits per heavy atom. The Kier molecular flexibility index (Phi) is 4.00. The summed E-state index contributed by atoms with van der Waals surface area (Å²) in [5, 5.41) is 16.6. The number of hydrogen-bond acceptors (Lipinski definition) is 4. The highest BCUT2D eigenvalue weighted by Gasteiger charge is 2.00. The highest BCUT2D eigenvalue weighted by atomic mass is 35.5. The summed E-state index contributed by atoms with van der Waals surface area (Å²) in [6, 6.07) is 6.62. The lowest BCUT2D eigenvalue weighted by Crippen LogP contribution is -1.91. The third-order valence-electron chi connectivity index (χ3n) is 1.58. The minimum Gasteiger partial charge on any atom is -0.513 e. The molecule has 0 aliphatic carbocycles. The SMILES string of the molecule is CC(=O)/C(=C\O)N=Nc1ccc(Cl)cc1. The van der Waals surface area contributed by atoms with Crippen molar-refractivity contribution in [3.63, 3.8) is 0 Å². The lowest BCUT2D eigenvalue weighted by atomic mass is 10.3. The average molecular weight is 225 g/mol. The summed E-state index contributed by atoms with van der Waals surface area (Å²) in [5.74, 6) is -0.352. The summed E-state index contributed by atoms with van der Waals surface area (Å²) in [4.78, 5) is 10.8. The second kappa shape index (κ2) is 5.26. The van der Waals surface area contributed by atoms with E-state index in [2.05, 4.69) is 10.2 Å². The number of carbonyl (C=O) groups is 1. The second-order valence-electron chi connectivity index (χ2n) is 2.75. The van der Waals surface area contributed by atoms with Crippen LogP contribution in [0.5, 0.6) is 0 Å². The molecule has 0 aliphatic rings. The van der Waals surface area contributed by atoms with Gasteiger partial charge < -0.3 is 5.11 Å². The number of benzene rings is 1. The molecule has 0 amide bonds. The van der Waals surface area contributed by atoms with Gasteiger partial charge in [0.25, 0.3) is 0 Å². The van der Waals surface area contributed by atoms with Gasteiger partial charge in [0.1, 0.15) is 6.26 Å². The van der Waals surface area contributed by atoms with Crippen molar-refractivity contribution in [2.24, 2.45) is 10.2 Å². The zero-order valence-electron chi connectivity index (χ0n) is 8.01. The van der Waals surface area contributed by atoms with E-state index >= 15 is 0 Å². The van der Waals surface area contributed by atoms with Crippen LogP contribution >= 0.6 is 11.6 Å². The van der Waals surface area contributed by atoms with Crippen LogP contribution in [-0.4, -0.2) is 10.9 Å². The van der Waals surface area contributed by atoms with Gasteiger partial charge in [0.05, 0.1) is 5.69 Å². The Balaban J connectivity index is 2.81. The largest absolute Gasteiger partial charge is 0.513 e. The number of aliphatic hydroxyl groups is 1. The fraction of sp³-hybridized carbons (Fsp3) is 0.100. The predicted octanol–water partition coefficient (Wildman–Crippen LogP) is 3.41. The highest BCUT2D eigenvalue weighted by Crippen LogP contribution is 2.17. The van der Waals surface area contributed by atoms with Crippen LogP contribution in [0.4, 0.5) is 5.69 Å². The number of ketones is 1. The van der Waals surface area contributed by atoms with E-state index in [0.29, 0.717) is 17.0 Å². The van der Waals surface area contributed by atoms with Crippen molar-refractivity contribution < 1.29 is 9.90 Å². The van der Waals surface area contributed by atoms with Gasteiger partial charge in [-0.05, 0) is 24.3 Å². The summed E-state index contributed by atoms with van der Waals surface area (Å²) in [7, 11) is 0. The monoisotopic (exact) mass is 224 g/mol. The van der Waals surface area contributed by atoms with Gasteiger partial charge in [0.15, 0.2) is 11.5 Å². The lowest BCUT2D eigenvalue weighted by molar-refractivity contribution is -0.113. The van der Waals surface area contributed by atoms with Crippen LogP contribution in [0.15, 0.2) is 46.5 Å². The molecule has 0 saturated carbocycles. The van der Waals surface area contributed by atoms with Crippen LogP contribution in [0.3, 0.4) is 0 Å². The van der Waals surface area contributed by atoms with Crippen molar-refractivity contribution in [2.75, 3.05) is 0 Å². The van der Waals surface area contributed by atoms with Crippen molar-refractivity contribution in [3.8, 4) is 0 Å². The molecule has 0 aliphatic heterocycles. The van der Waals surface area contributed by atoms with Crippen LogP contribution in [-0.2, 0) is 4.79 Å². The molecule has 1 N–H and O–H groups in total. The Bertz CT molecular complexity index is 410. The Morgan fingerprint density at radius 1 is 1.40 bits per heavy atom. The van der Waals surface area contributed by atoms with Crippen molar-refractivity contribution in [1.82, 2.24) is 0 Å². The van der Waals surface area contributed by atoms with E-state index in [1.165, 1.54) is 6.92 Å². The fourth-order valence-electron chi connectivity index (χ4n) is 0.806. The van der Waals surface area contributed by atoms with Gasteiger partial charge in [-0.15, -0.1) is 5.11 Å². The van der Waals surface area contributed by atoms with E-state index in [-0.39, 0.29) is 11.5 Å². The first-order valence-corrected chi connectivity index (χ1v) is 4.54. The molecule has 0 atom stereocenters. The average Bonchev–Trinajstić information content (AvgIpc) is 2.21. The molecule has 15 heavy (non-hydrogen) atoms. The fourth-order valence-corrected chi connectivity index (χ4v) is 0.932. The van der Waals surface area contributed by atoms with Crippen molar-refractivity contribution in [2.45, 2.75) is 6.92 Å². The predicted molar refractivity (Wildman–Crippen MR) is 57.4 cm³/mol. The maximum absolute atomic E-state index is 10.8. The van der Waals surface area contributed by atoms with E-state index < -0.39 is 0 Å². The minimum atomic E-state index is -0.352. The first-order valence-electron chi connectivity index (χ1n) is 4.16. The van der Waals surface area contributed by atoms with Gasteiger partial charge in [-0.2, -0.15) is 5.11 Å². The molecule has 0 radical (unpaired) electrons. The summed E-state index contributed by atoms with van der Waals surface area (Å²) < 4.78 is 0. The number of hydrogen-bond donors (Lipinski definition) is 1. The smallest absolute Gasteiger partial charge is 0.183 e. The molecule has 0 saturated heterocycles. The van der Waals surface area contributed by atoms with Crippen LogP contribution in [0.2, 0.25) is 5.02 Å². The molecule has 4 nitrogen and oxygen atoms in total. The minimum absolute atomic E-state index is 0.0926. The molecule has 0 spiro atoms. The number of Topliss-reactive ketones (excluding diaryl/α,β-unsaturated/α-hetero) is 1. The van der Waals surface area contributed by atoms with Gasteiger partial charge in [-0.25, -0.2) is 0 Å². The molecule has 0 fully saturated rings. The number of carbonyl (C=O) groups excluding carboxylic acids is 1. The molecule has 1 aromatic rings. The van der Waals surface area contributed by atoms with Gasteiger partial charge in [-0.1, -0.05) is 11.6 Å². The van der Waals surface area contributed by atoms with E-state index in [9.17, 15) is 4.79 Å². The zero-order chi connectivity index (χ0) is 11.3. The topological polar surface area (TPSA) is 62.0 Å². The number of halogens is 1. The van der Waals surface area contributed by atoms with Crippen molar-refractivity contribution in [1.29, 1.82) is 0 Å². The standard InChI is InChI=1S/C10H9ClN2O2/c1-7(15)10(6-14)13-12-9-4-2-8(11)3-5-9/h2-6,14H,1H3/b10-6+,13-12?. The molecule has 0 unspecified atom stereocenters. The van der Waals surface area contributed by atoms with E-state index in [4.69, 9.17) is 16.7 Å². The molecule has 0 bridgehead atoms. The highest BCUT2D eigenvalue weighted by molar-refractivity contribution is 6.30. The lowest BCUT2D eigenvalue weighted by Gasteiger charge is -1.93. The number of rotatable bonds is 3. The first-order chi connectivity index (χ1) is 7.13. The van der Waals surface area contributed by atoms with Crippen LogP contribution in [0, 0.1) is 0 Å². The van der Waals surface area contributed by atoms with Crippen LogP contribution in [0.1, 0.15) is 6.92 Å². The van der Waals surface area contributed by atoms with Gasteiger partial charge in [0.2, 0.25) is 0 Å². The third kappa shape index (κ3) is 3.52. The van der Waals surface area contributed by atoms with Gasteiger partial charge in [0, 0.05) is 11.9 Å².